The molecular formula is C25H27N7O. The van der Waals surface area contributed by atoms with Crippen LogP contribution in [-0.2, 0) is 4.79 Å². The lowest BCUT2D eigenvalue weighted by Crippen LogP contribution is -2.49. The normalized spacial score (nSPS) is 15.5. The third kappa shape index (κ3) is 4.05. The van der Waals surface area contributed by atoms with E-state index in [2.05, 4.69) is 43.0 Å². The number of aldehydes is 1. The van der Waals surface area contributed by atoms with Crippen molar-refractivity contribution in [3.05, 3.63) is 67.3 Å². The quantitative estimate of drug-likeness (QED) is 0.426. The van der Waals surface area contributed by atoms with E-state index in [9.17, 15) is 4.79 Å². The van der Waals surface area contributed by atoms with Gasteiger partial charge in [0.25, 0.3) is 0 Å². The van der Waals surface area contributed by atoms with Crippen molar-refractivity contribution in [2.45, 2.75) is 6.17 Å². The fraction of sp³-hybridized carbons (Fsp3) is 0.280. The van der Waals surface area contributed by atoms with Crippen LogP contribution in [0, 0.1) is 0 Å². The molecule has 1 unspecified atom stereocenters. The van der Waals surface area contributed by atoms with Gasteiger partial charge in [-0.3, -0.25) is 9.69 Å². The smallest absolute Gasteiger partial charge is 0.224 e. The number of hydrogen-bond donors (Lipinski definition) is 0. The van der Waals surface area contributed by atoms with Crippen LogP contribution >= 0.6 is 0 Å². The predicted octanol–water partition coefficient (Wildman–Crippen LogP) is 3.08. The lowest BCUT2D eigenvalue weighted by Gasteiger charge is -2.39. The van der Waals surface area contributed by atoms with Gasteiger partial charge in [0, 0.05) is 87.3 Å². The van der Waals surface area contributed by atoms with Crippen molar-refractivity contribution < 1.29 is 4.79 Å². The average molecular weight is 442 g/mol. The number of carbonyl (C=O) groups excluding carboxylic acids is 1. The van der Waals surface area contributed by atoms with Crippen LogP contribution in [-0.4, -0.2) is 71.0 Å². The minimum absolute atomic E-state index is 0.359. The standard InChI is InChI=1S/C25H27N7O/c1-29(2)25-27-16-20(17-28-25)21-7-3-4-8-22(21)30-12-14-31(15-13-30)23(18-33)32-11-9-19-6-5-10-26-24(19)32/h3-11,16-18,23H,12-15H2,1-2H3. The van der Waals surface area contributed by atoms with E-state index < -0.39 is 0 Å². The number of nitrogens with zero attached hydrogens (tertiary/aromatic N) is 7. The van der Waals surface area contributed by atoms with E-state index in [0.717, 1.165) is 60.3 Å². The Morgan fingerprint density at radius 1 is 0.939 bits per heavy atom. The highest BCUT2D eigenvalue weighted by Gasteiger charge is 2.26. The van der Waals surface area contributed by atoms with Gasteiger partial charge in [0.1, 0.15) is 11.8 Å². The monoisotopic (exact) mass is 441 g/mol. The summed E-state index contributed by atoms with van der Waals surface area (Å²) in [5.74, 6) is 0.691. The summed E-state index contributed by atoms with van der Waals surface area (Å²) >= 11 is 0. The molecule has 1 atom stereocenters. The van der Waals surface area contributed by atoms with E-state index in [1.807, 2.05) is 66.4 Å². The van der Waals surface area contributed by atoms with Gasteiger partial charge in [-0.05, 0) is 24.3 Å². The highest BCUT2D eigenvalue weighted by molar-refractivity contribution is 5.79. The largest absolute Gasteiger partial charge is 0.368 e. The number of hydrogen-bond acceptors (Lipinski definition) is 7. The number of pyridine rings is 1. The lowest BCUT2D eigenvalue weighted by atomic mass is 10.1. The molecule has 1 saturated heterocycles. The van der Waals surface area contributed by atoms with E-state index in [-0.39, 0.29) is 6.17 Å². The summed E-state index contributed by atoms with van der Waals surface area (Å²) in [5.41, 5.74) is 4.11. The molecule has 3 aromatic heterocycles. The minimum atomic E-state index is -0.359. The summed E-state index contributed by atoms with van der Waals surface area (Å²) in [5, 5.41) is 1.04. The fourth-order valence-corrected chi connectivity index (χ4v) is 4.44. The second-order valence-electron chi connectivity index (χ2n) is 8.40. The maximum Gasteiger partial charge on any atom is 0.224 e. The van der Waals surface area contributed by atoms with Crippen LogP contribution in [0.4, 0.5) is 11.6 Å². The third-order valence-electron chi connectivity index (χ3n) is 6.17. The molecule has 0 bridgehead atoms. The van der Waals surface area contributed by atoms with Gasteiger partial charge < -0.3 is 14.4 Å². The molecule has 0 amide bonds. The molecule has 8 heteroatoms. The number of para-hydroxylation sites is 1. The molecule has 1 fully saturated rings. The molecule has 1 aliphatic rings. The van der Waals surface area contributed by atoms with Gasteiger partial charge in [-0.15, -0.1) is 0 Å². The molecule has 1 aliphatic heterocycles. The molecule has 33 heavy (non-hydrogen) atoms. The van der Waals surface area contributed by atoms with Crippen molar-refractivity contribution in [1.82, 2.24) is 24.4 Å². The Hall–Kier alpha value is -3.78. The Morgan fingerprint density at radius 2 is 1.70 bits per heavy atom. The zero-order valence-corrected chi connectivity index (χ0v) is 18.9. The number of carbonyl (C=O) groups is 1. The SMILES string of the molecule is CN(C)c1ncc(-c2ccccc2N2CCN(C(C=O)n3ccc4cccnc43)CC2)cn1. The maximum atomic E-state index is 12.1. The van der Waals surface area contributed by atoms with Crippen molar-refractivity contribution >= 4 is 29.0 Å². The lowest BCUT2D eigenvalue weighted by molar-refractivity contribution is -0.115. The van der Waals surface area contributed by atoms with Gasteiger partial charge in [0.15, 0.2) is 6.29 Å². The first kappa shape index (κ1) is 21.1. The van der Waals surface area contributed by atoms with E-state index in [4.69, 9.17) is 0 Å². The Morgan fingerprint density at radius 3 is 2.42 bits per heavy atom. The van der Waals surface area contributed by atoms with Crippen LogP contribution in [0.1, 0.15) is 6.17 Å². The Bertz CT molecular complexity index is 1240. The number of aromatic nitrogens is 4. The summed E-state index contributed by atoms with van der Waals surface area (Å²) in [6.07, 6.45) is 8.14. The van der Waals surface area contributed by atoms with Crippen LogP contribution in [0.2, 0.25) is 0 Å². The van der Waals surface area contributed by atoms with Crippen molar-refractivity contribution in [3.63, 3.8) is 0 Å². The number of benzene rings is 1. The molecule has 4 aromatic rings. The fourth-order valence-electron chi connectivity index (χ4n) is 4.44. The summed E-state index contributed by atoms with van der Waals surface area (Å²) in [6.45, 7) is 3.20. The molecular weight excluding hydrogens is 414 g/mol. The molecule has 5 rings (SSSR count). The van der Waals surface area contributed by atoms with Crippen LogP contribution in [0.3, 0.4) is 0 Å². The van der Waals surface area contributed by atoms with Crippen molar-refractivity contribution in [3.8, 4) is 11.1 Å². The first-order valence-electron chi connectivity index (χ1n) is 11.1. The van der Waals surface area contributed by atoms with E-state index in [1.165, 1.54) is 0 Å². The number of fused-ring (bicyclic) bond motifs is 1. The zero-order chi connectivity index (χ0) is 22.8. The highest BCUT2D eigenvalue weighted by atomic mass is 16.1. The molecule has 0 radical (unpaired) electrons. The van der Waals surface area contributed by atoms with E-state index in [1.54, 1.807) is 6.20 Å². The highest BCUT2D eigenvalue weighted by Crippen LogP contribution is 2.32. The first-order valence-corrected chi connectivity index (χ1v) is 11.1. The molecule has 1 aromatic carbocycles. The van der Waals surface area contributed by atoms with Crippen molar-refractivity contribution in [2.24, 2.45) is 0 Å². The summed E-state index contributed by atoms with van der Waals surface area (Å²) in [6, 6.07) is 14.3. The van der Waals surface area contributed by atoms with Crippen LogP contribution in [0.15, 0.2) is 67.3 Å². The second-order valence-corrected chi connectivity index (χ2v) is 8.40. The molecule has 4 heterocycles. The van der Waals surface area contributed by atoms with Gasteiger partial charge in [-0.2, -0.15) is 0 Å². The molecule has 0 spiro atoms. The number of anilines is 2. The third-order valence-corrected chi connectivity index (χ3v) is 6.17. The van der Waals surface area contributed by atoms with Gasteiger partial charge in [-0.1, -0.05) is 18.2 Å². The molecule has 168 valence electrons. The Kier molecular flexibility index (Phi) is 5.75. The molecule has 0 aliphatic carbocycles. The summed E-state index contributed by atoms with van der Waals surface area (Å²) < 4.78 is 1.97. The molecule has 0 N–H and O–H groups in total. The Labute approximate surface area is 193 Å². The van der Waals surface area contributed by atoms with Gasteiger partial charge in [0.2, 0.25) is 5.95 Å². The number of rotatable bonds is 6. The average Bonchev–Trinajstić information content (AvgIpc) is 3.29. The Balaban J connectivity index is 1.35. The minimum Gasteiger partial charge on any atom is -0.368 e. The maximum absolute atomic E-state index is 12.1. The molecule has 0 saturated carbocycles. The van der Waals surface area contributed by atoms with Gasteiger partial charge in [0.05, 0.1) is 0 Å². The van der Waals surface area contributed by atoms with Crippen LogP contribution in [0.5, 0.6) is 0 Å². The van der Waals surface area contributed by atoms with Gasteiger partial charge >= 0.3 is 0 Å². The van der Waals surface area contributed by atoms with Crippen LogP contribution < -0.4 is 9.80 Å². The van der Waals surface area contributed by atoms with Crippen molar-refractivity contribution in [1.29, 1.82) is 0 Å². The summed E-state index contributed by atoms with van der Waals surface area (Å²) in [7, 11) is 3.86. The second kappa shape index (κ2) is 8.99. The van der Waals surface area contributed by atoms with Crippen molar-refractivity contribution in [2.75, 3.05) is 50.1 Å². The van der Waals surface area contributed by atoms with Crippen LogP contribution in [0.25, 0.3) is 22.2 Å². The summed E-state index contributed by atoms with van der Waals surface area (Å²) in [4.78, 5) is 32.0. The van der Waals surface area contributed by atoms with Gasteiger partial charge in [-0.25, -0.2) is 15.0 Å². The number of piperazine rings is 1. The van der Waals surface area contributed by atoms with E-state index >= 15 is 0 Å². The van der Waals surface area contributed by atoms with E-state index in [0.29, 0.717) is 5.95 Å². The zero-order valence-electron chi connectivity index (χ0n) is 18.9. The predicted molar refractivity (Wildman–Crippen MR) is 130 cm³/mol. The first-order chi connectivity index (χ1) is 16.2. The topological polar surface area (TPSA) is 70.4 Å². The molecule has 8 nitrogen and oxygen atoms in total.